The maximum Gasteiger partial charge on any atom is 0.259 e. The van der Waals surface area contributed by atoms with Crippen molar-refractivity contribution in [3.8, 4) is 0 Å². The van der Waals surface area contributed by atoms with E-state index >= 15 is 0 Å². The van der Waals surface area contributed by atoms with Gasteiger partial charge in [-0.1, -0.05) is 6.08 Å². The van der Waals surface area contributed by atoms with Gasteiger partial charge in [0.2, 0.25) is 0 Å². The van der Waals surface area contributed by atoms with Crippen molar-refractivity contribution >= 4 is 40.1 Å². The van der Waals surface area contributed by atoms with E-state index in [1.165, 1.54) is 0 Å². The fourth-order valence-corrected chi connectivity index (χ4v) is 6.07. The summed E-state index contributed by atoms with van der Waals surface area (Å²) in [4.78, 5) is 31.4. The number of rotatable bonds is 0. The van der Waals surface area contributed by atoms with Gasteiger partial charge in [0.1, 0.15) is 5.65 Å². The number of allylic oxidation sites excluding steroid dienone is 1. The highest BCUT2D eigenvalue weighted by molar-refractivity contribution is 6.50. The minimum absolute atomic E-state index is 0. The number of nitrogens with one attached hydrogen (secondary N) is 1. The Hall–Kier alpha value is -3.57. The largest absolute Gasteiger partial charge is 0.377 e. The Morgan fingerprint density at radius 1 is 0.825 bits per heavy atom. The lowest BCUT2D eigenvalue weighted by atomic mass is 9.91. The highest BCUT2D eigenvalue weighted by Gasteiger charge is 2.45. The first-order chi connectivity index (χ1) is 19.7. The minimum Gasteiger partial charge on any atom is -0.377 e. The molecule has 4 bridgehead atoms. The zero-order valence-electron chi connectivity index (χ0n) is 22.3. The van der Waals surface area contributed by atoms with E-state index in [-0.39, 0.29) is 13.2 Å². The highest BCUT2D eigenvalue weighted by Crippen LogP contribution is 2.56. The monoisotopic (exact) mass is 546 g/mol. The number of pyridine rings is 1. The normalized spacial score (nSPS) is 24.1. The maximum absolute atomic E-state index is 13.4. The van der Waals surface area contributed by atoms with E-state index in [4.69, 9.17) is 18.9 Å². The van der Waals surface area contributed by atoms with Crippen LogP contribution in [0.25, 0.3) is 28.3 Å². The minimum atomic E-state index is -0.380. The third-order valence-corrected chi connectivity index (χ3v) is 8.05. The van der Waals surface area contributed by atoms with E-state index in [1.807, 2.05) is 29.1 Å². The molecule has 4 aliphatic rings. The Bertz CT molecular complexity index is 1540. The summed E-state index contributed by atoms with van der Waals surface area (Å²) in [5.74, 6) is 0.106. The molecule has 2 aliphatic carbocycles. The summed E-state index contributed by atoms with van der Waals surface area (Å²) in [7, 11) is 0. The van der Waals surface area contributed by atoms with Crippen LogP contribution in [0.5, 0.6) is 0 Å². The summed E-state index contributed by atoms with van der Waals surface area (Å²) >= 11 is 0. The zero-order chi connectivity index (χ0) is 27.1. The van der Waals surface area contributed by atoms with Gasteiger partial charge in [0.15, 0.2) is 0 Å². The Kier molecular flexibility index (Phi) is 6.84. The van der Waals surface area contributed by atoms with Crippen molar-refractivity contribution in [2.75, 3.05) is 52.9 Å². The third kappa shape index (κ3) is 4.60. The summed E-state index contributed by atoms with van der Waals surface area (Å²) in [6.45, 7) is 5.10. The summed E-state index contributed by atoms with van der Waals surface area (Å²) in [5.41, 5.74) is 5.37. The van der Waals surface area contributed by atoms with Gasteiger partial charge >= 0.3 is 0 Å². The molecule has 10 heteroatoms. The van der Waals surface area contributed by atoms with Crippen LogP contribution in [0.15, 0.2) is 36.8 Å². The number of hydrogen-bond donors (Lipinski definition) is 1. The molecule has 1 N–H and O–H groups in total. The third-order valence-electron chi connectivity index (χ3n) is 8.05. The number of ether oxygens (including phenoxy) is 4. The molecule has 0 radical (unpaired) electrons. The molecule has 2 aliphatic heterocycles. The van der Waals surface area contributed by atoms with Crippen LogP contribution in [0.2, 0.25) is 0 Å². The number of nitrogens with zero attached hydrogens (tertiary/aromatic N) is 3. The van der Waals surface area contributed by atoms with Crippen molar-refractivity contribution in [1.29, 1.82) is 0 Å². The predicted molar refractivity (Wildman–Crippen MR) is 149 cm³/mol. The number of imide groups is 1. The fourth-order valence-electron chi connectivity index (χ4n) is 6.07. The molecule has 2 unspecified atom stereocenters. The van der Waals surface area contributed by atoms with Crippen LogP contribution in [-0.4, -0.2) is 78.8 Å². The van der Waals surface area contributed by atoms with E-state index in [9.17, 15) is 9.59 Å². The van der Waals surface area contributed by atoms with Crippen molar-refractivity contribution in [3.05, 3.63) is 59.2 Å². The molecule has 7 rings (SSSR count). The second-order valence-electron chi connectivity index (χ2n) is 10.5. The van der Waals surface area contributed by atoms with Crippen molar-refractivity contribution in [1.82, 2.24) is 19.4 Å². The Labute approximate surface area is 233 Å². The van der Waals surface area contributed by atoms with E-state index in [2.05, 4.69) is 27.0 Å². The number of carbonyl (C=O) groups excluding carboxylic acids is 2. The Balaban J connectivity index is 0.00000302. The van der Waals surface area contributed by atoms with Gasteiger partial charge in [-0.3, -0.25) is 14.9 Å². The Morgan fingerprint density at radius 3 is 2.17 bits per heavy atom. The summed E-state index contributed by atoms with van der Waals surface area (Å²) < 4.78 is 27.0. The fraction of sp³-hybridized carbons (Fsp3) is 0.433. The number of carbonyl (C=O) groups is 2. The van der Waals surface area contributed by atoms with Gasteiger partial charge in [0.05, 0.1) is 64.0 Å². The van der Waals surface area contributed by atoms with Gasteiger partial charge in [-0.15, -0.1) is 0 Å². The van der Waals surface area contributed by atoms with Crippen LogP contribution in [0, 0.1) is 5.92 Å². The van der Waals surface area contributed by atoms with Crippen LogP contribution in [0.1, 0.15) is 36.1 Å². The molecular formula is C30H34N4O6. The quantitative estimate of drug-likeness (QED) is 0.432. The number of hydrogen-bond acceptors (Lipinski definition) is 7. The highest BCUT2D eigenvalue weighted by atomic mass is 16.6. The number of aromatic nitrogens is 3. The molecule has 0 saturated heterocycles. The molecule has 5 heterocycles. The standard InChI is InChI=1S/C30H32N4O6.H2/c35-29-26-22-17-34(28-20(22)2-1-5-31-28)7-9-38-11-13-40-15-14-39-12-10-37-8-6-33-18-23(27(26)30(36)32-29)25-21-16-19(21)3-4-24(25)33;/h1-5,17-19,21H,6-16H2,(H,32,35,36);1H. The van der Waals surface area contributed by atoms with Crippen LogP contribution in [0.4, 0.5) is 0 Å². The lowest BCUT2D eigenvalue weighted by Gasteiger charge is -2.12. The molecule has 210 valence electrons. The molecule has 40 heavy (non-hydrogen) atoms. The van der Waals surface area contributed by atoms with E-state index < -0.39 is 0 Å². The van der Waals surface area contributed by atoms with Crippen molar-refractivity contribution in [2.24, 2.45) is 5.92 Å². The average Bonchev–Trinajstić information content (AvgIpc) is 3.42. The molecule has 2 amide bonds. The summed E-state index contributed by atoms with van der Waals surface area (Å²) in [5, 5.41) is 3.41. The van der Waals surface area contributed by atoms with Gasteiger partial charge in [0, 0.05) is 55.3 Å². The molecule has 0 aromatic carbocycles. The van der Waals surface area contributed by atoms with Crippen molar-refractivity contribution in [2.45, 2.75) is 25.4 Å². The lowest BCUT2D eigenvalue weighted by Crippen LogP contribution is -2.22. The van der Waals surface area contributed by atoms with Crippen molar-refractivity contribution in [3.63, 3.8) is 0 Å². The summed E-state index contributed by atoms with van der Waals surface area (Å²) in [6, 6.07) is 3.80. The predicted octanol–water partition coefficient (Wildman–Crippen LogP) is 2.86. The number of amides is 2. The average molecular weight is 547 g/mol. The van der Waals surface area contributed by atoms with Gasteiger partial charge in [-0.05, 0) is 42.0 Å². The number of fused-ring (bicyclic) bond motifs is 14. The first-order valence-electron chi connectivity index (χ1n) is 14.0. The molecule has 0 spiro atoms. The van der Waals surface area contributed by atoms with Crippen LogP contribution >= 0.6 is 0 Å². The second-order valence-corrected chi connectivity index (χ2v) is 10.5. The molecule has 1 saturated carbocycles. The van der Waals surface area contributed by atoms with E-state index in [1.54, 1.807) is 6.20 Å². The van der Waals surface area contributed by atoms with Crippen molar-refractivity contribution < 1.29 is 30.0 Å². The summed E-state index contributed by atoms with van der Waals surface area (Å²) in [6.07, 6.45) is 11.2. The maximum atomic E-state index is 13.4. The van der Waals surface area contributed by atoms with Crippen LogP contribution in [-0.2, 0) is 41.6 Å². The topological polar surface area (TPSA) is 106 Å². The van der Waals surface area contributed by atoms with Crippen LogP contribution in [0.3, 0.4) is 0 Å². The van der Waals surface area contributed by atoms with Gasteiger partial charge < -0.3 is 28.1 Å². The Morgan fingerprint density at radius 2 is 1.45 bits per heavy atom. The molecule has 2 atom stereocenters. The van der Waals surface area contributed by atoms with E-state index in [0.29, 0.717) is 94.5 Å². The second kappa shape index (κ2) is 10.8. The molecule has 3 aromatic rings. The molecular weight excluding hydrogens is 512 g/mol. The zero-order valence-corrected chi connectivity index (χ0v) is 22.3. The first kappa shape index (κ1) is 25.4. The van der Waals surface area contributed by atoms with Crippen LogP contribution < -0.4 is 5.32 Å². The molecule has 3 aromatic heterocycles. The lowest BCUT2D eigenvalue weighted by molar-refractivity contribution is -0.122. The van der Waals surface area contributed by atoms with Gasteiger partial charge in [0.25, 0.3) is 11.8 Å². The molecule has 10 nitrogen and oxygen atoms in total. The van der Waals surface area contributed by atoms with Gasteiger partial charge in [-0.25, -0.2) is 4.98 Å². The first-order valence-corrected chi connectivity index (χ1v) is 14.0. The molecule has 1 fully saturated rings. The van der Waals surface area contributed by atoms with E-state index in [0.717, 1.165) is 34.3 Å². The smallest absolute Gasteiger partial charge is 0.259 e. The SMILES string of the molecule is O=C1NC(=O)C2=C1c1cn(c3c1C1CC1C=C3)CCOCCOCCOCCOCCn1cc2c2cccnc21.[HH]. The van der Waals surface area contributed by atoms with Gasteiger partial charge in [-0.2, -0.15) is 0 Å².